The van der Waals surface area contributed by atoms with E-state index in [1.165, 1.54) is 0 Å². The molecule has 1 heterocycles. The molecule has 0 saturated heterocycles. The van der Waals surface area contributed by atoms with E-state index in [2.05, 4.69) is 67.7 Å². The van der Waals surface area contributed by atoms with Gasteiger partial charge in [0.15, 0.2) is 16.6 Å². The molecule has 6 heteroatoms. The van der Waals surface area contributed by atoms with Crippen molar-refractivity contribution in [3.05, 3.63) is 35.6 Å². The van der Waals surface area contributed by atoms with Gasteiger partial charge in [-0.05, 0) is 54.5 Å². The van der Waals surface area contributed by atoms with Gasteiger partial charge in [0.05, 0.1) is 18.8 Å². The van der Waals surface area contributed by atoms with Crippen LogP contribution in [0.25, 0.3) is 0 Å². The first-order valence-electron chi connectivity index (χ1n) is 9.65. The van der Waals surface area contributed by atoms with Gasteiger partial charge in [-0.3, -0.25) is 0 Å². The standard InChI is InChI=1S/C21H38O4Si2/c1-20(2,3)26(7,8)23-14-11-12-17-16-18(25-19(17)22)13-15-24-27(9,10)21(4,5)6/h11-13,16H,14-15H2,1-10H3/b12-11+,18-13-. The fourth-order valence-corrected chi connectivity index (χ4v) is 3.70. The van der Waals surface area contributed by atoms with Crippen molar-refractivity contribution < 1.29 is 18.4 Å². The summed E-state index contributed by atoms with van der Waals surface area (Å²) in [6.45, 7) is 23.1. The number of esters is 1. The molecule has 0 bridgehead atoms. The van der Waals surface area contributed by atoms with Crippen LogP contribution < -0.4 is 0 Å². The molecule has 1 aliphatic rings. The summed E-state index contributed by atoms with van der Waals surface area (Å²) in [5, 5.41) is 0.332. The molecule has 1 rings (SSSR count). The molecule has 0 aromatic carbocycles. The first kappa shape index (κ1) is 24.1. The minimum absolute atomic E-state index is 0.158. The molecule has 0 aromatic rings. The Bertz CT molecular complexity index is 630. The van der Waals surface area contributed by atoms with Crippen LogP contribution >= 0.6 is 0 Å². The lowest BCUT2D eigenvalue weighted by molar-refractivity contribution is -0.132. The molecular formula is C21H38O4Si2. The van der Waals surface area contributed by atoms with Gasteiger partial charge in [-0.25, -0.2) is 4.79 Å². The second-order valence-corrected chi connectivity index (χ2v) is 19.8. The van der Waals surface area contributed by atoms with Gasteiger partial charge in [-0.1, -0.05) is 47.6 Å². The van der Waals surface area contributed by atoms with Crippen molar-refractivity contribution in [3.8, 4) is 0 Å². The smallest absolute Gasteiger partial charge is 0.343 e. The Morgan fingerprint density at radius 1 is 0.926 bits per heavy atom. The number of carbonyl (C=O) groups is 1. The molecule has 0 atom stereocenters. The van der Waals surface area contributed by atoms with Crippen LogP contribution in [0.15, 0.2) is 35.6 Å². The summed E-state index contributed by atoms with van der Waals surface area (Å²) >= 11 is 0. The highest BCUT2D eigenvalue weighted by Crippen LogP contribution is 2.37. The second kappa shape index (κ2) is 8.59. The third-order valence-electron chi connectivity index (χ3n) is 5.92. The Balaban J connectivity index is 2.62. The van der Waals surface area contributed by atoms with E-state index >= 15 is 0 Å². The van der Waals surface area contributed by atoms with Crippen molar-refractivity contribution in [2.24, 2.45) is 0 Å². The van der Waals surface area contributed by atoms with E-state index < -0.39 is 16.6 Å². The van der Waals surface area contributed by atoms with Crippen molar-refractivity contribution in [1.29, 1.82) is 0 Å². The highest BCUT2D eigenvalue weighted by Gasteiger charge is 2.37. The number of cyclic esters (lactones) is 1. The van der Waals surface area contributed by atoms with E-state index in [1.807, 2.05) is 12.2 Å². The van der Waals surface area contributed by atoms with Crippen molar-refractivity contribution in [2.45, 2.75) is 77.8 Å². The van der Waals surface area contributed by atoms with Crippen LogP contribution in [0.5, 0.6) is 0 Å². The average Bonchev–Trinajstić information content (AvgIpc) is 2.81. The highest BCUT2D eigenvalue weighted by atomic mass is 28.4. The molecule has 0 amide bonds. The largest absolute Gasteiger partial charge is 0.423 e. The Hall–Kier alpha value is -0.956. The van der Waals surface area contributed by atoms with Gasteiger partial charge in [0.25, 0.3) is 0 Å². The van der Waals surface area contributed by atoms with Crippen LogP contribution in [0.3, 0.4) is 0 Å². The number of allylic oxidation sites excluding steroid dienone is 1. The maximum absolute atomic E-state index is 12.0. The quantitative estimate of drug-likeness (QED) is 0.384. The molecule has 0 fully saturated rings. The predicted octanol–water partition coefficient (Wildman–Crippen LogP) is 5.95. The Kier molecular flexibility index (Phi) is 7.67. The highest BCUT2D eigenvalue weighted by molar-refractivity contribution is 6.74. The van der Waals surface area contributed by atoms with Crippen LogP contribution in [0.2, 0.25) is 36.3 Å². The van der Waals surface area contributed by atoms with E-state index in [4.69, 9.17) is 13.6 Å². The first-order valence-corrected chi connectivity index (χ1v) is 15.5. The molecule has 154 valence electrons. The third kappa shape index (κ3) is 6.86. The topological polar surface area (TPSA) is 44.8 Å². The van der Waals surface area contributed by atoms with E-state index in [0.29, 0.717) is 24.5 Å². The summed E-state index contributed by atoms with van der Waals surface area (Å²) in [6.07, 6.45) is 7.28. The van der Waals surface area contributed by atoms with Crippen molar-refractivity contribution >= 4 is 22.6 Å². The van der Waals surface area contributed by atoms with Crippen LogP contribution in [0, 0.1) is 0 Å². The Labute approximate surface area is 167 Å². The lowest BCUT2D eigenvalue weighted by Crippen LogP contribution is -2.40. The third-order valence-corrected chi connectivity index (χ3v) is 14.9. The van der Waals surface area contributed by atoms with Gasteiger partial charge in [0, 0.05) is 0 Å². The molecular weight excluding hydrogens is 372 g/mol. The van der Waals surface area contributed by atoms with Crippen molar-refractivity contribution in [3.63, 3.8) is 0 Å². The number of rotatable bonds is 7. The molecule has 0 unspecified atom stereocenters. The van der Waals surface area contributed by atoms with Crippen LogP contribution in [-0.2, 0) is 18.4 Å². The van der Waals surface area contributed by atoms with E-state index in [9.17, 15) is 4.79 Å². The van der Waals surface area contributed by atoms with Crippen LogP contribution in [0.4, 0.5) is 0 Å². The number of hydrogen-bond acceptors (Lipinski definition) is 4. The molecule has 1 aliphatic heterocycles. The van der Waals surface area contributed by atoms with Gasteiger partial charge in [0.1, 0.15) is 5.76 Å². The zero-order chi connectivity index (χ0) is 21.1. The lowest BCUT2D eigenvalue weighted by atomic mass is 10.2. The zero-order valence-electron chi connectivity index (χ0n) is 18.9. The Morgan fingerprint density at radius 3 is 1.89 bits per heavy atom. The first-order chi connectivity index (χ1) is 12.1. The van der Waals surface area contributed by atoms with E-state index in [0.717, 1.165) is 0 Å². The maximum Gasteiger partial charge on any atom is 0.343 e. The fourth-order valence-electron chi connectivity index (χ4n) is 1.82. The monoisotopic (exact) mass is 410 g/mol. The van der Waals surface area contributed by atoms with Crippen molar-refractivity contribution in [2.75, 3.05) is 13.2 Å². The van der Waals surface area contributed by atoms with Gasteiger partial charge < -0.3 is 13.6 Å². The fraction of sp³-hybridized carbons (Fsp3) is 0.667. The number of hydrogen-bond donors (Lipinski definition) is 0. The predicted molar refractivity (Wildman–Crippen MR) is 118 cm³/mol. The normalized spacial score (nSPS) is 18.4. The molecule has 4 nitrogen and oxygen atoms in total. The molecule has 0 aromatic heterocycles. The van der Waals surface area contributed by atoms with Crippen LogP contribution in [0.1, 0.15) is 41.5 Å². The number of carbonyl (C=O) groups excluding carboxylic acids is 1. The van der Waals surface area contributed by atoms with Gasteiger partial charge >= 0.3 is 5.97 Å². The van der Waals surface area contributed by atoms with E-state index in [1.54, 1.807) is 12.2 Å². The molecule has 27 heavy (non-hydrogen) atoms. The van der Waals surface area contributed by atoms with Gasteiger partial charge in [0.2, 0.25) is 0 Å². The molecule has 0 saturated carbocycles. The summed E-state index contributed by atoms with van der Waals surface area (Å²) in [4.78, 5) is 12.0. The molecule has 0 N–H and O–H groups in total. The average molecular weight is 411 g/mol. The summed E-state index contributed by atoms with van der Waals surface area (Å²) in [7, 11) is -3.58. The second-order valence-electron chi connectivity index (χ2n) is 10.1. The zero-order valence-corrected chi connectivity index (χ0v) is 20.9. The van der Waals surface area contributed by atoms with Gasteiger partial charge in [-0.2, -0.15) is 0 Å². The summed E-state index contributed by atoms with van der Waals surface area (Å²) in [5.41, 5.74) is 0.549. The van der Waals surface area contributed by atoms with Gasteiger partial charge in [-0.15, -0.1) is 0 Å². The summed E-state index contributed by atoms with van der Waals surface area (Å²) < 4.78 is 17.5. The lowest BCUT2D eigenvalue weighted by Gasteiger charge is -2.35. The molecule has 0 spiro atoms. The maximum atomic E-state index is 12.0. The Morgan fingerprint density at radius 2 is 1.41 bits per heavy atom. The molecule has 0 aliphatic carbocycles. The SMILES string of the molecule is CC(C)(C)[Si](C)(C)OC/C=C1C=C(/C=C/CO[Si](C)(C)C(C)(C)C)C(=O)O/1. The molecule has 0 radical (unpaired) electrons. The van der Waals surface area contributed by atoms with Crippen molar-refractivity contribution in [1.82, 2.24) is 0 Å². The van der Waals surface area contributed by atoms with Crippen LogP contribution in [-0.4, -0.2) is 35.8 Å². The summed E-state index contributed by atoms with van der Waals surface area (Å²) in [5.74, 6) is 0.237. The summed E-state index contributed by atoms with van der Waals surface area (Å²) in [6, 6.07) is 0. The minimum atomic E-state index is -1.80. The number of ether oxygens (including phenoxy) is 1. The minimum Gasteiger partial charge on any atom is -0.423 e. The van der Waals surface area contributed by atoms with E-state index in [-0.39, 0.29) is 16.0 Å².